The van der Waals surface area contributed by atoms with E-state index in [1.54, 1.807) is 0 Å². The molecule has 0 aliphatic carbocycles. The zero-order valence-corrected chi connectivity index (χ0v) is 9.51. The van der Waals surface area contributed by atoms with Crippen molar-refractivity contribution in [2.45, 2.75) is 38.2 Å². The number of aliphatic carboxylic acids is 2. The molecule has 7 nitrogen and oxygen atoms in total. The van der Waals surface area contributed by atoms with Gasteiger partial charge in [0.2, 0.25) is 0 Å². The Labute approximate surface area is 98.0 Å². The highest BCUT2D eigenvalue weighted by atomic mass is 16.5. The van der Waals surface area contributed by atoms with Gasteiger partial charge in [-0.3, -0.25) is 9.59 Å². The number of carboxylic acid groups (broad SMARTS) is 2. The largest absolute Gasteiger partial charge is 0.481 e. The van der Waals surface area contributed by atoms with Crippen molar-refractivity contribution >= 4 is 17.9 Å². The van der Waals surface area contributed by atoms with Crippen molar-refractivity contribution in [3.05, 3.63) is 0 Å². The summed E-state index contributed by atoms with van der Waals surface area (Å²) in [6, 6.07) is 0. The first-order valence-electron chi connectivity index (χ1n) is 5.15. The normalized spacial score (nSPS) is 13.8. The molecule has 0 aromatic rings. The van der Waals surface area contributed by atoms with Crippen molar-refractivity contribution in [2.24, 2.45) is 0 Å². The maximum Gasteiger partial charge on any atom is 0.336 e. The molecule has 0 amide bonds. The molecule has 0 aliphatic rings. The maximum atomic E-state index is 11.2. The fraction of sp³-hybridized carbons (Fsp3) is 0.700. The van der Waals surface area contributed by atoms with Gasteiger partial charge in [-0.2, -0.15) is 0 Å². The van der Waals surface area contributed by atoms with Crippen LogP contribution in [0.25, 0.3) is 0 Å². The van der Waals surface area contributed by atoms with Gasteiger partial charge in [0, 0.05) is 0 Å². The van der Waals surface area contributed by atoms with Crippen molar-refractivity contribution in [2.75, 3.05) is 6.61 Å². The SMILES string of the molecule is CCCCOC(=O)CC(O)(CC(=O)O)C(=O)O. The van der Waals surface area contributed by atoms with Crippen LogP contribution in [0.4, 0.5) is 0 Å². The summed E-state index contributed by atoms with van der Waals surface area (Å²) in [5.74, 6) is -4.19. The van der Waals surface area contributed by atoms with Gasteiger partial charge in [-0.1, -0.05) is 13.3 Å². The summed E-state index contributed by atoms with van der Waals surface area (Å²) in [5, 5.41) is 26.6. The van der Waals surface area contributed by atoms with Gasteiger partial charge in [-0.25, -0.2) is 4.79 Å². The molecular formula is C10H16O7. The Kier molecular flexibility index (Phi) is 6.19. The summed E-state index contributed by atoms with van der Waals surface area (Å²) in [4.78, 5) is 32.3. The minimum absolute atomic E-state index is 0.123. The molecule has 0 bridgehead atoms. The van der Waals surface area contributed by atoms with Crippen LogP contribution in [0.3, 0.4) is 0 Å². The number of carbonyl (C=O) groups is 3. The van der Waals surface area contributed by atoms with Crippen LogP contribution < -0.4 is 0 Å². The third-order valence-electron chi connectivity index (χ3n) is 2.04. The molecule has 98 valence electrons. The Morgan fingerprint density at radius 2 is 1.76 bits per heavy atom. The molecule has 1 atom stereocenters. The second-order valence-electron chi connectivity index (χ2n) is 3.66. The fourth-order valence-electron chi connectivity index (χ4n) is 1.08. The van der Waals surface area contributed by atoms with E-state index < -0.39 is 36.4 Å². The number of aliphatic hydroxyl groups is 1. The van der Waals surface area contributed by atoms with Crippen LogP contribution in [0.1, 0.15) is 32.6 Å². The molecule has 0 saturated heterocycles. The van der Waals surface area contributed by atoms with E-state index in [1.807, 2.05) is 6.92 Å². The lowest BCUT2D eigenvalue weighted by atomic mass is 9.96. The zero-order chi connectivity index (χ0) is 13.5. The van der Waals surface area contributed by atoms with Crippen molar-refractivity contribution in [1.29, 1.82) is 0 Å². The second-order valence-corrected chi connectivity index (χ2v) is 3.66. The van der Waals surface area contributed by atoms with E-state index in [-0.39, 0.29) is 6.61 Å². The van der Waals surface area contributed by atoms with E-state index in [2.05, 4.69) is 4.74 Å². The van der Waals surface area contributed by atoms with Crippen LogP contribution in [0.5, 0.6) is 0 Å². The molecule has 0 radical (unpaired) electrons. The molecule has 0 aromatic heterocycles. The molecule has 0 aliphatic heterocycles. The number of carbonyl (C=O) groups excluding carboxylic acids is 1. The fourth-order valence-corrected chi connectivity index (χ4v) is 1.08. The van der Waals surface area contributed by atoms with E-state index in [0.717, 1.165) is 6.42 Å². The van der Waals surface area contributed by atoms with Gasteiger partial charge in [0.05, 0.1) is 19.4 Å². The number of carboxylic acids is 2. The van der Waals surface area contributed by atoms with Crippen molar-refractivity contribution in [3.8, 4) is 0 Å². The predicted octanol–water partition coefficient (Wildman–Crippen LogP) is 0.0102. The molecule has 0 heterocycles. The summed E-state index contributed by atoms with van der Waals surface area (Å²) < 4.78 is 4.65. The lowest BCUT2D eigenvalue weighted by Gasteiger charge is -2.20. The quantitative estimate of drug-likeness (QED) is 0.408. The standard InChI is InChI=1S/C10H16O7/c1-2-3-4-17-8(13)6-10(16,9(14)15)5-7(11)12/h16H,2-6H2,1H3,(H,11,12)(H,14,15). The van der Waals surface area contributed by atoms with Crippen molar-refractivity contribution < 1.29 is 34.4 Å². The molecule has 0 saturated carbocycles. The lowest BCUT2D eigenvalue weighted by Crippen LogP contribution is -2.43. The topological polar surface area (TPSA) is 121 Å². The van der Waals surface area contributed by atoms with Gasteiger partial charge in [0.1, 0.15) is 0 Å². The van der Waals surface area contributed by atoms with Crippen LogP contribution in [-0.4, -0.2) is 45.4 Å². The summed E-state index contributed by atoms with van der Waals surface area (Å²) in [7, 11) is 0. The average Bonchev–Trinajstić information content (AvgIpc) is 2.16. The summed E-state index contributed by atoms with van der Waals surface area (Å²) in [6.45, 7) is 2.00. The van der Waals surface area contributed by atoms with Crippen LogP contribution in [0, 0.1) is 0 Å². The summed E-state index contributed by atoms with van der Waals surface area (Å²) in [5.41, 5.74) is -2.62. The smallest absolute Gasteiger partial charge is 0.336 e. The first kappa shape index (κ1) is 15.4. The molecule has 0 spiro atoms. The Morgan fingerprint density at radius 1 is 1.18 bits per heavy atom. The van der Waals surface area contributed by atoms with Crippen molar-refractivity contribution in [3.63, 3.8) is 0 Å². The number of hydrogen-bond acceptors (Lipinski definition) is 5. The Hall–Kier alpha value is -1.63. The van der Waals surface area contributed by atoms with Crippen LogP contribution >= 0.6 is 0 Å². The first-order valence-corrected chi connectivity index (χ1v) is 5.15. The molecule has 17 heavy (non-hydrogen) atoms. The highest BCUT2D eigenvalue weighted by Crippen LogP contribution is 2.17. The lowest BCUT2D eigenvalue weighted by molar-refractivity contribution is -0.172. The molecule has 3 N–H and O–H groups in total. The Balaban J connectivity index is 4.39. The van der Waals surface area contributed by atoms with Gasteiger partial charge >= 0.3 is 17.9 Å². The van der Waals surface area contributed by atoms with E-state index in [1.165, 1.54) is 0 Å². The minimum atomic E-state index is -2.62. The first-order chi connectivity index (χ1) is 7.81. The Bertz CT molecular complexity index is 299. The van der Waals surface area contributed by atoms with E-state index in [0.29, 0.717) is 6.42 Å². The van der Waals surface area contributed by atoms with Gasteiger partial charge in [0.25, 0.3) is 0 Å². The Morgan fingerprint density at radius 3 is 2.18 bits per heavy atom. The highest BCUT2D eigenvalue weighted by Gasteiger charge is 2.41. The van der Waals surface area contributed by atoms with E-state index in [4.69, 9.17) is 10.2 Å². The van der Waals surface area contributed by atoms with Gasteiger partial charge in [-0.05, 0) is 6.42 Å². The average molecular weight is 248 g/mol. The van der Waals surface area contributed by atoms with Crippen molar-refractivity contribution in [1.82, 2.24) is 0 Å². The van der Waals surface area contributed by atoms with Gasteiger partial charge in [0.15, 0.2) is 5.60 Å². The minimum Gasteiger partial charge on any atom is -0.481 e. The third-order valence-corrected chi connectivity index (χ3v) is 2.04. The van der Waals surface area contributed by atoms with Gasteiger partial charge < -0.3 is 20.1 Å². The monoisotopic (exact) mass is 248 g/mol. The molecular weight excluding hydrogens is 232 g/mol. The summed E-state index contributed by atoms with van der Waals surface area (Å²) >= 11 is 0. The number of esters is 1. The number of rotatable bonds is 8. The maximum absolute atomic E-state index is 11.2. The third kappa shape index (κ3) is 5.86. The van der Waals surface area contributed by atoms with Gasteiger partial charge in [-0.15, -0.1) is 0 Å². The molecule has 1 unspecified atom stereocenters. The number of unbranched alkanes of at least 4 members (excludes halogenated alkanes) is 1. The van der Waals surface area contributed by atoms with E-state index in [9.17, 15) is 19.5 Å². The summed E-state index contributed by atoms with van der Waals surface area (Å²) in [6.07, 6.45) is -0.509. The second kappa shape index (κ2) is 6.85. The highest BCUT2D eigenvalue weighted by molar-refractivity contribution is 5.88. The number of ether oxygens (including phenoxy) is 1. The molecule has 0 rings (SSSR count). The van der Waals surface area contributed by atoms with Crippen LogP contribution in [0.2, 0.25) is 0 Å². The molecule has 0 fully saturated rings. The molecule has 7 heteroatoms. The van der Waals surface area contributed by atoms with Crippen LogP contribution in [-0.2, 0) is 19.1 Å². The number of hydrogen-bond donors (Lipinski definition) is 3. The zero-order valence-electron chi connectivity index (χ0n) is 9.51. The predicted molar refractivity (Wildman–Crippen MR) is 55.3 cm³/mol. The van der Waals surface area contributed by atoms with E-state index >= 15 is 0 Å². The van der Waals surface area contributed by atoms with Crippen LogP contribution in [0.15, 0.2) is 0 Å². The molecule has 0 aromatic carbocycles.